The minimum atomic E-state index is 0.581. The summed E-state index contributed by atoms with van der Waals surface area (Å²) in [6, 6.07) is 1.98. The van der Waals surface area contributed by atoms with Crippen molar-refractivity contribution in [3.8, 4) is 0 Å². The molecule has 6 nitrogen and oxygen atoms in total. The van der Waals surface area contributed by atoms with Gasteiger partial charge < -0.3 is 10.2 Å². The Labute approximate surface area is 124 Å². The monoisotopic (exact) mass is 284 g/mol. The standard InChI is InChI=1S/C15H20N6/c1-16-15-13(18-6-7-19-15)9-12-3-2-8-21(10-12)14-4-5-17-11-20-14/h4-7,11-12H,2-3,8-10H2,1H3,(H,16,19). The van der Waals surface area contributed by atoms with Crippen LogP contribution in [-0.2, 0) is 6.42 Å². The number of anilines is 2. The van der Waals surface area contributed by atoms with Gasteiger partial charge in [0.2, 0.25) is 0 Å². The zero-order valence-corrected chi connectivity index (χ0v) is 12.2. The summed E-state index contributed by atoms with van der Waals surface area (Å²) in [5.41, 5.74) is 1.05. The van der Waals surface area contributed by atoms with E-state index < -0.39 is 0 Å². The highest BCUT2D eigenvalue weighted by atomic mass is 15.2. The number of piperidine rings is 1. The highest BCUT2D eigenvalue weighted by Gasteiger charge is 2.22. The van der Waals surface area contributed by atoms with E-state index in [4.69, 9.17) is 0 Å². The number of rotatable bonds is 4. The summed E-state index contributed by atoms with van der Waals surface area (Å²) in [6.07, 6.45) is 10.3. The smallest absolute Gasteiger partial charge is 0.147 e. The van der Waals surface area contributed by atoms with Gasteiger partial charge in [-0.3, -0.25) is 4.98 Å². The molecule has 1 N–H and O–H groups in total. The van der Waals surface area contributed by atoms with E-state index in [-0.39, 0.29) is 0 Å². The zero-order valence-electron chi connectivity index (χ0n) is 12.2. The van der Waals surface area contributed by atoms with Gasteiger partial charge in [-0.25, -0.2) is 15.0 Å². The maximum atomic E-state index is 4.47. The van der Waals surface area contributed by atoms with E-state index >= 15 is 0 Å². The average molecular weight is 284 g/mol. The van der Waals surface area contributed by atoms with Gasteiger partial charge in [-0.2, -0.15) is 0 Å². The van der Waals surface area contributed by atoms with Crippen LogP contribution < -0.4 is 10.2 Å². The second kappa shape index (κ2) is 6.47. The SMILES string of the molecule is CNc1nccnc1CC1CCCN(c2ccncn2)C1. The van der Waals surface area contributed by atoms with Crippen LogP contribution in [0.25, 0.3) is 0 Å². The lowest BCUT2D eigenvalue weighted by atomic mass is 9.93. The normalized spacial score (nSPS) is 18.5. The van der Waals surface area contributed by atoms with E-state index in [1.807, 2.05) is 13.1 Å². The van der Waals surface area contributed by atoms with Gasteiger partial charge in [-0.05, 0) is 31.2 Å². The molecule has 0 amide bonds. The first-order valence-corrected chi connectivity index (χ1v) is 7.35. The molecule has 6 heteroatoms. The van der Waals surface area contributed by atoms with Crippen LogP contribution in [-0.4, -0.2) is 40.1 Å². The van der Waals surface area contributed by atoms with Crippen molar-refractivity contribution in [3.63, 3.8) is 0 Å². The molecule has 1 atom stereocenters. The Balaban J connectivity index is 1.69. The minimum absolute atomic E-state index is 0.581. The van der Waals surface area contributed by atoms with Crippen molar-refractivity contribution in [1.82, 2.24) is 19.9 Å². The molecule has 3 rings (SSSR count). The molecule has 110 valence electrons. The third-order valence-corrected chi connectivity index (χ3v) is 3.90. The fourth-order valence-corrected chi connectivity index (χ4v) is 2.91. The zero-order chi connectivity index (χ0) is 14.5. The summed E-state index contributed by atoms with van der Waals surface area (Å²) in [5.74, 6) is 2.48. The molecule has 1 unspecified atom stereocenters. The molecular weight excluding hydrogens is 264 g/mol. The fraction of sp³-hybridized carbons (Fsp3) is 0.467. The number of aromatic nitrogens is 4. The molecule has 1 saturated heterocycles. The van der Waals surface area contributed by atoms with E-state index in [2.05, 4.69) is 30.2 Å². The Morgan fingerprint density at radius 3 is 2.95 bits per heavy atom. The van der Waals surface area contributed by atoms with Gasteiger partial charge in [0.05, 0.1) is 5.69 Å². The molecule has 1 fully saturated rings. The predicted molar refractivity (Wildman–Crippen MR) is 82.3 cm³/mol. The molecule has 0 aliphatic carbocycles. The highest BCUT2D eigenvalue weighted by Crippen LogP contribution is 2.24. The topological polar surface area (TPSA) is 66.8 Å². The van der Waals surface area contributed by atoms with Crippen LogP contribution in [0.15, 0.2) is 31.0 Å². The van der Waals surface area contributed by atoms with Gasteiger partial charge in [0.15, 0.2) is 0 Å². The van der Waals surface area contributed by atoms with E-state index in [1.54, 1.807) is 24.9 Å². The quantitative estimate of drug-likeness (QED) is 0.923. The molecule has 21 heavy (non-hydrogen) atoms. The minimum Gasteiger partial charge on any atom is -0.372 e. The van der Waals surface area contributed by atoms with Crippen LogP contribution in [0.1, 0.15) is 18.5 Å². The van der Waals surface area contributed by atoms with Crippen LogP contribution >= 0.6 is 0 Å². The summed E-state index contributed by atoms with van der Waals surface area (Å²) >= 11 is 0. The van der Waals surface area contributed by atoms with Gasteiger partial charge in [-0.15, -0.1) is 0 Å². The van der Waals surface area contributed by atoms with Gasteiger partial charge in [0.25, 0.3) is 0 Å². The summed E-state index contributed by atoms with van der Waals surface area (Å²) in [4.78, 5) is 19.5. The lowest BCUT2D eigenvalue weighted by molar-refractivity contribution is 0.408. The van der Waals surface area contributed by atoms with E-state index in [9.17, 15) is 0 Å². The van der Waals surface area contributed by atoms with E-state index in [0.717, 1.165) is 36.8 Å². The van der Waals surface area contributed by atoms with Crippen molar-refractivity contribution in [1.29, 1.82) is 0 Å². The molecule has 1 aliphatic heterocycles. The van der Waals surface area contributed by atoms with Crippen molar-refractivity contribution < 1.29 is 0 Å². The molecule has 0 spiro atoms. The van der Waals surface area contributed by atoms with E-state index in [1.165, 1.54) is 12.8 Å². The molecule has 0 aromatic carbocycles. The maximum absolute atomic E-state index is 4.47. The molecule has 0 saturated carbocycles. The lowest BCUT2D eigenvalue weighted by Gasteiger charge is -2.33. The van der Waals surface area contributed by atoms with Crippen molar-refractivity contribution >= 4 is 11.6 Å². The number of nitrogens with one attached hydrogen (secondary N) is 1. The highest BCUT2D eigenvalue weighted by molar-refractivity contribution is 5.40. The Morgan fingerprint density at radius 1 is 1.24 bits per heavy atom. The molecular formula is C15H20N6. The van der Waals surface area contributed by atoms with Gasteiger partial charge in [-0.1, -0.05) is 0 Å². The van der Waals surface area contributed by atoms with Crippen LogP contribution in [0.2, 0.25) is 0 Å². The molecule has 1 aliphatic rings. The summed E-state index contributed by atoms with van der Waals surface area (Å²) in [5, 5.41) is 3.12. The Bertz CT molecular complexity index is 573. The Hall–Kier alpha value is -2.24. The largest absolute Gasteiger partial charge is 0.372 e. The molecule has 0 radical (unpaired) electrons. The molecule has 2 aromatic heterocycles. The lowest BCUT2D eigenvalue weighted by Crippen LogP contribution is -2.37. The van der Waals surface area contributed by atoms with Crippen molar-refractivity contribution in [2.75, 3.05) is 30.4 Å². The van der Waals surface area contributed by atoms with Crippen LogP contribution in [0.4, 0.5) is 11.6 Å². The Kier molecular flexibility index (Phi) is 4.23. The molecule has 2 aromatic rings. The van der Waals surface area contributed by atoms with Crippen molar-refractivity contribution in [3.05, 3.63) is 36.7 Å². The maximum Gasteiger partial charge on any atom is 0.147 e. The first-order chi connectivity index (χ1) is 10.4. The summed E-state index contributed by atoms with van der Waals surface area (Å²) < 4.78 is 0. The van der Waals surface area contributed by atoms with Crippen LogP contribution in [0, 0.1) is 5.92 Å². The number of hydrogen-bond acceptors (Lipinski definition) is 6. The summed E-state index contributed by atoms with van der Waals surface area (Å²) in [6.45, 7) is 2.07. The molecule has 0 bridgehead atoms. The van der Waals surface area contributed by atoms with Gasteiger partial charge in [0.1, 0.15) is 18.0 Å². The third-order valence-electron chi connectivity index (χ3n) is 3.90. The number of nitrogens with zero attached hydrogens (tertiary/aromatic N) is 5. The van der Waals surface area contributed by atoms with Crippen LogP contribution in [0.5, 0.6) is 0 Å². The van der Waals surface area contributed by atoms with Crippen molar-refractivity contribution in [2.24, 2.45) is 5.92 Å². The second-order valence-electron chi connectivity index (χ2n) is 5.33. The van der Waals surface area contributed by atoms with Gasteiger partial charge in [0, 0.05) is 38.7 Å². The van der Waals surface area contributed by atoms with Crippen molar-refractivity contribution in [2.45, 2.75) is 19.3 Å². The second-order valence-corrected chi connectivity index (χ2v) is 5.33. The third kappa shape index (κ3) is 3.26. The Morgan fingerprint density at radius 2 is 2.14 bits per heavy atom. The average Bonchev–Trinajstić information content (AvgIpc) is 2.56. The molecule has 3 heterocycles. The van der Waals surface area contributed by atoms with Crippen LogP contribution in [0.3, 0.4) is 0 Å². The summed E-state index contributed by atoms with van der Waals surface area (Å²) in [7, 11) is 1.89. The van der Waals surface area contributed by atoms with E-state index in [0.29, 0.717) is 5.92 Å². The van der Waals surface area contributed by atoms with Gasteiger partial charge >= 0.3 is 0 Å². The number of hydrogen-bond donors (Lipinski definition) is 1. The fourth-order valence-electron chi connectivity index (χ4n) is 2.91. The first kappa shape index (κ1) is 13.7. The first-order valence-electron chi connectivity index (χ1n) is 7.35. The predicted octanol–water partition coefficient (Wildman–Crippen LogP) is 1.77.